The number of alkyl halides is 3. The van der Waals surface area contributed by atoms with Crippen molar-refractivity contribution in [2.24, 2.45) is 5.73 Å². The lowest BCUT2D eigenvalue weighted by Gasteiger charge is -2.37. The number of benzene rings is 1. The van der Waals surface area contributed by atoms with Gasteiger partial charge < -0.3 is 20.5 Å². The molecule has 152 valence electrons. The van der Waals surface area contributed by atoms with Gasteiger partial charge in [0.05, 0.1) is 19.4 Å². The third-order valence-electron chi connectivity index (χ3n) is 4.40. The van der Waals surface area contributed by atoms with Crippen molar-refractivity contribution in [2.75, 3.05) is 19.0 Å². The maximum Gasteiger partial charge on any atom is 0.429 e. The minimum Gasteiger partial charge on any atom is -0.497 e. The van der Waals surface area contributed by atoms with E-state index in [1.54, 1.807) is 24.3 Å². The summed E-state index contributed by atoms with van der Waals surface area (Å²) in [5.74, 6) is -1.96. The molecule has 11 heteroatoms. The molecule has 1 atom stereocenters. The largest absolute Gasteiger partial charge is 0.497 e. The Morgan fingerprint density at radius 1 is 1.38 bits per heavy atom. The van der Waals surface area contributed by atoms with Crippen LogP contribution in [-0.2, 0) is 15.1 Å². The molecule has 0 saturated heterocycles. The minimum atomic E-state index is -5.25. The molecule has 2 aromatic rings. The summed E-state index contributed by atoms with van der Waals surface area (Å²) >= 11 is 0. The summed E-state index contributed by atoms with van der Waals surface area (Å²) in [5, 5.41) is 15.9. The molecule has 1 aliphatic rings. The van der Waals surface area contributed by atoms with Gasteiger partial charge in [0.1, 0.15) is 29.0 Å². The average molecular weight is 407 g/mol. The second kappa shape index (κ2) is 7.05. The summed E-state index contributed by atoms with van der Waals surface area (Å²) in [7, 11) is 1.48. The quantitative estimate of drug-likeness (QED) is 0.748. The van der Waals surface area contributed by atoms with Crippen LogP contribution in [0.2, 0.25) is 0 Å². The number of fused-ring (bicyclic) bond motifs is 1. The van der Waals surface area contributed by atoms with Gasteiger partial charge in [0, 0.05) is 11.6 Å². The molecule has 8 nitrogen and oxygen atoms in total. The summed E-state index contributed by atoms with van der Waals surface area (Å²) in [6.45, 7) is 1.03. The number of carbonyl (C=O) groups is 1. The average Bonchev–Trinajstić information content (AvgIpc) is 3.09. The van der Waals surface area contributed by atoms with E-state index in [-0.39, 0.29) is 18.1 Å². The van der Waals surface area contributed by atoms with Crippen LogP contribution in [0.3, 0.4) is 0 Å². The van der Waals surface area contributed by atoms with Gasteiger partial charge in [0.2, 0.25) is 0 Å². The number of halogens is 3. The van der Waals surface area contributed by atoms with Crippen molar-refractivity contribution >= 4 is 11.8 Å². The molecule has 0 aliphatic carbocycles. The van der Waals surface area contributed by atoms with E-state index in [1.165, 1.54) is 26.2 Å². The fourth-order valence-corrected chi connectivity index (χ4v) is 3.07. The van der Waals surface area contributed by atoms with Gasteiger partial charge >= 0.3 is 12.1 Å². The van der Waals surface area contributed by atoms with E-state index in [4.69, 9.17) is 10.5 Å². The monoisotopic (exact) mass is 407 g/mol. The Bertz CT molecular complexity index is 1020. The number of carbonyl (C=O) groups excluding carboxylic acids is 1. The second-order valence-corrected chi connectivity index (χ2v) is 6.01. The lowest BCUT2D eigenvalue weighted by atomic mass is 9.87. The Hall–Kier alpha value is -3.68. The number of nitrogens with zero attached hydrogens (tertiary/aromatic N) is 3. The maximum atomic E-state index is 14.3. The van der Waals surface area contributed by atoms with Crippen LogP contribution in [0.1, 0.15) is 6.92 Å². The summed E-state index contributed by atoms with van der Waals surface area (Å²) < 4.78 is 53.1. The smallest absolute Gasteiger partial charge is 0.429 e. The van der Waals surface area contributed by atoms with Crippen LogP contribution in [0.25, 0.3) is 11.3 Å². The number of esters is 1. The lowest BCUT2D eigenvalue weighted by molar-refractivity contribution is -0.218. The van der Waals surface area contributed by atoms with Crippen LogP contribution in [0.15, 0.2) is 41.7 Å². The zero-order chi connectivity index (χ0) is 21.4. The number of nitriles is 1. The molecular formula is C18H16F3N5O3. The Morgan fingerprint density at radius 2 is 2.03 bits per heavy atom. The highest BCUT2D eigenvalue weighted by atomic mass is 19.4. The molecule has 1 aromatic heterocycles. The summed E-state index contributed by atoms with van der Waals surface area (Å²) in [6, 6.07) is 9.08. The van der Waals surface area contributed by atoms with Crippen LogP contribution in [0.4, 0.5) is 19.0 Å². The van der Waals surface area contributed by atoms with E-state index in [0.717, 1.165) is 0 Å². The number of nitrogens with two attached hydrogens (primary N) is 1. The van der Waals surface area contributed by atoms with Crippen LogP contribution < -0.4 is 15.8 Å². The summed E-state index contributed by atoms with van der Waals surface area (Å²) in [6.07, 6.45) is -5.25. The summed E-state index contributed by atoms with van der Waals surface area (Å²) in [5.41, 5.74) is 1.72. The normalized spacial score (nSPS) is 18.5. The van der Waals surface area contributed by atoms with Gasteiger partial charge in [-0.25, -0.2) is 9.48 Å². The molecule has 0 saturated carbocycles. The molecule has 2 heterocycles. The molecule has 29 heavy (non-hydrogen) atoms. The van der Waals surface area contributed by atoms with Gasteiger partial charge in [-0.3, -0.25) is 0 Å². The van der Waals surface area contributed by atoms with Crippen molar-refractivity contribution in [3.63, 3.8) is 0 Å². The molecule has 0 unspecified atom stereocenters. The van der Waals surface area contributed by atoms with Gasteiger partial charge in [-0.1, -0.05) is 0 Å². The third kappa shape index (κ3) is 2.93. The molecule has 0 bridgehead atoms. The molecule has 1 aliphatic heterocycles. The van der Waals surface area contributed by atoms with Gasteiger partial charge in [-0.15, -0.1) is 0 Å². The van der Waals surface area contributed by atoms with E-state index < -0.39 is 29.1 Å². The maximum absolute atomic E-state index is 14.3. The van der Waals surface area contributed by atoms with Gasteiger partial charge in [-0.05, 0) is 31.2 Å². The summed E-state index contributed by atoms with van der Waals surface area (Å²) in [4.78, 5) is 12.6. The Labute approximate surface area is 163 Å². The highest BCUT2D eigenvalue weighted by Gasteiger charge is 2.69. The van der Waals surface area contributed by atoms with Crippen molar-refractivity contribution in [2.45, 2.75) is 18.6 Å². The Kier molecular flexibility index (Phi) is 4.88. The number of rotatable bonds is 4. The first-order valence-electron chi connectivity index (χ1n) is 8.37. The van der Waals surface area contributed by atoms with Crippen molar-refractivity contribution in [1.29, 1.82) is 5.26 Å². The topological polar surface area (TPSA) is 115 Å². The lowest BCUT2D eigenvalue weighted by Crippen LogP contribution is -2.59. The molecule has 0 spiro atoms. The van der Waals surface area contributed by atoms with Crippen molar-refractivity contribution < 1.29 is 27.4 Å². The van der Waals surface area contributed by atoms with E-state index in [1.807, 2.05) is 0 Å². The van der Waals surface area contributed by atoms with E-state index in [2.05, 4.69) is 15.2 Å². The first-order valence-corrected chi connectivity index (χ1v) is 8.37. The SMILES string of the molecule is CCOC(=O)[C@]1(C(F)(F)F)C(C#N)=C(N)Nc2cc(-c3ccc(OC)cc3)nn21. The molecule has 1 aromatic carbocycles. The number of methoxy groups -OCH3 is 1. The molecule has 0 radical (unpaired) electrons. The molecule has 0 fully saturated rings. The molecule has 0 amide bonds. The number of nitrogens with one attached hydrogen (secondary N) is 1. The van der Waals surface area contributed by atoms with Crippen molar-refractivity contribution in [1.82, 2.24) is 9.78 Å². The first-order chi connectivity index (χ1) is 13.7. The standard InChI is InChI=1S/C18H16F3N5O3/c1-3-29-16(27)17(18(19,20)21)12(9-22)15(23)24-14-8-13(25-26(14)17)10-4-6-11(28-2)7-5-10/h4-8,24H,3,23H2,1-2H3/t17-/m0/s1. The van der Waals surface area contributed by atoms with Crippen molar-refractivity contribution in [3.05, 3.63) is 41.7 Å². The van der Waals surface area contributed by atoms with Crippen molar-refractivity contribution in [3.8, 4) is 23.1 Å². The zero-order valence-corrected chi connectivity index (χ0v) is 15.4. The fourth-order valence-electron chi connectivity index (χ4n) is 3.07. The molecule has 3 rings (SSSR count). The number of anilines is 1. The number of aromatic nitrogens is 2. The van der Waals surface area contributed by atoms with Gasteiger partial charge in [0.15, 0.2) is 0 Å². The number of hydrogen-bond acceptors (Lipinski definition) is 7. The van der Waals surface area contributed by atoms with E-state index >= 15 is 0 Å². The third-order valence-corrected chi connectivity index (χ3v) is 4.40. The highest BCUT2D eigenvalue weighted by Crippen LogP contribution is 2.48. The second-order valence-electron chi connectivity index (χ2n) is 6.01. The Balaban J connectivity index is 2.27. The van der Waals surface area contributed by atoms with E-state index in [9.17, 15) is 23.2 Å². The van der Waals surface area contributed by atoms with Gasteiger partial charge in [0.25, 0.3) is 5.54 Å². The Morgan fingerprint density at radius 3 is 2.55 bits per heavy atom. The highest BCUT2D eigenvalue weighted by molar-refractivity contribution is 5.88. The van der Waals surface area contributed by atoms with Crippen LogP contribution in [-0.4, -0.2) is 35.6 Å². The van der Waals surface area contributed by atoms with Gasteiger partial charge in [-0.2, -0.15) is 23.5 Å². The minimum absolute atomic E-state index is 0.125. The van der Waals surface area contributed by atoms with E-state index in [0.29, 0.717) is 16.0 Å². The predicted molar refractivity (Wildman–Crippen MR) is 95.3 cm³/mol. The van der Waals surface area contributed by atoms with Crippen LogP contribution >= 0.6 is 0 Å². The van der Waals surface area contributed by atoms with Crippen LogP contribution in [0, 0.1) is 11.3 Å². The predicted octanol–water partition coefficient (Wildman–Crippen LogP) is 2.50. The first kappa shape index (κ1) is 20.1. The fraction of sp³-hybridized carbons (Fsp3) is 0.278. The molecule has 3 N–H and O–H groups in total. The molecular weight excluding hydrogens is 391 g/mol. The number of ether oxygens (including phenoxy) is 2. The van der Waals surface area contributed by atoms with Crippen LogP contribution in [0.5, 0.6) is 5.75 Å². The number of hydrogen-bond donors (Lipinski definition) is 2. The zero-order valence-electron chi connectivity index (χ0n) is 15.4.